The van der Waals surface area contributed by atoms with Crippen molar-refractivity contribution < 1.29 is 14.5 Å². The van der Waals surface area contributed by atoms with Gasteiger partial charge in [0.25, 0.3) is 11.6 Å². The number of methoxy groups -OCH3 is 1. The van der Waals surface area contributed by atoms with Crippen LogP contribution in [0.15, 0.2) is 30.0 Å². The highest BCUT2D eigenvalue weighted by Crippen LogP contribution is 2.29. The highest BCUT2D eigenvalue weighted by atomic mass is 16.6. The van der Waals surface area contributed by atoms with Crippen LogP contribution in [0.25, 0.3) is 0 Å². The molecule has 0 bridgehead atoms. The zero-order valence-electron chi connectivity index (χ0n) is 13.3. The van der Waals surface area contributed by atoms with Gasteiger partial charge in [0.15, 0.2) is 0 Å². The van der Waals surface area contributed by atoms with E-state index < -0.39 is 10.8 Å². The number of non-ortho nitro benzene ring substituents is 1. The smallest absolute Gasteiger partial charge is 0.273 e. The molecule has 23 heavy (non-hydrogen) atoms. The fourth-order valence-corrected chi connectivity index (χ4v) is 1.52. The first-order chi connectivity index (χ1) is 10.7. The molecule has 2 N–H and O–H groups in total. The summed E-state index contributed by atoms with van der Waals surface area (Å²) < 4.78 is 5.03. The normalized spacial score (nSPS) is 11.3. The number of carbonyl (C=O) groups excluding carboxylic acids is 1. The Morgan fingerprint density at radius 3 is 2.57 bits per heavy atom. The molecule has 0 fully saturated rings. The summed E-state index contributed by atoms with van der Waals surface area (Å²) in [5, 5.41) is 25.2. The van der Waals surface area contributed by atoms with Gasteiger partial charge in [0.1, 0.15) is 17.4 Å². The average molecular weight is 318 g/mol. The second-order valence-electron chi connectivity index (χ2n) is 5.66. The van der Waals surface area contributed by atoms with Crippen molar-refractivity contribution in [2.75, 3.05) is 12.4 Å². The van der Waals surface area contributed by atoms with E-state index in [1.165, 1.54) is 31.5 Å². The number of ether oxygens (including phenoxy) is 1. The number of nitriles is 1. The first-order valence-corrected chi connectivity index (χ1v) is 6.69. The van der Waals surface area contributed by atoms with E-state index in [1.807, 2.05) is 20.8 Å². The molecule has 0 atom stereocenters. The molecule has 122 valence electrons. The number of carbonyl (C=O) groups is 1. The zero-order chi connectivity index (χ0) is 17.6. The van der Waals surface area contributed by atoms with Crippen LogP contribution in [0.5, 0.6) is 5.75 Å². The van der Waals surface area contributed by atoms with Crippen molar-refractivity contribution in [2.45, 2.75) is 26.3 Å². The predicted molar refractivity (Wildman–Crippen MR) is 84.9 cm³/mol. The van der Waals surface area contributed by atoms with Crippen molar-refractivity contribution in [2.24, 2.45) is 0 Å². The van der Waals surface area contributed by atoms with Crippen LogP contribution in [0.4, 0.5) is 11.4 Å². The Morgan fingerprint density at radius 1 is 1.43 bits per heavy atom. The van der Waals surface area contributed by atoms with Gasteiger partial charge in [0.2, 0.25) is 0 Å². The van der Waals surface area contributed by atoms with Crippen LogP contribution in [-0.2, 0) is 4.79 Å². The molecule has 0 unspecified atom stereocenters. The molecular weight excluding hydrogens is 300 g/mol. The van der Waals surface area contributed by atoms with E-state index >= 15 is 0 Å². The molecule has 0 heterocycles. The summed E-state index contributed by atoms with van der Waals surface area (Å²) in [7, 11) is 1.33. The molecule has 0 saturated carbocycles. The quantitative estimate of drug-likeness (QED) is 0.372. The minimum absolute atomic E-state index is 0.125. The van der Waals surface area contributed by atoms with Gasteiger partial charge >= 0.3 is 0 Å². The van der Waals surface area contributed by atoms with Gasteiger partial charge in [-0.1, -0.05) is 0 Å². The monoisotopic (exact) mass is 318 g/mol. The van der Waals surface area contributed by atoms with Crippen molar-refractivity contribution >= 4 is 17.3 Å². The molecule has 1 amide bonds. The maximum Gasteiger partial charge on any atom is 0.273 e. The third kappa shape index (κ3) is 5.32. The van der Waals surface area contributed by atoms with Crippen molar-refractivity contribution in [3.8, 4) is 11.8 Å². The summed E-state index contributed by atoms with van der Waals surface area (Å²) in [5.41, 5.74) is -0.349. The van der Waals surface area contributed by atoms with Crippen molar-refractivity contribution in [1.82, 2.24) is 5.32 Å². The van der Waals surface area contributed by atoms with Crippen LogP contribution < -0.4 is 15.4 Å². The molecule has 1 rings (SSSR count). The van der Waals surface area contributed by atoms with Crippen LogP contribution in [0, 0.1) is 21.4 Å². The summed E-state index contributed by atoms with van der Waals surface area (Å²) >= 11 is 0. The zero-order valence-corrected chi connectivity index (χ0v) is 13.3. The summed E-state index contributed by atoms with van der Waals surface area (Å²) in [4.78, 5) is 22.3. The van der Waals surface area contributed by atoms with E-state index in [0.29, 0.717) is 0 Å². The van der Waals surface area contributed by atoms with Crippen LogP contribution in [0.1, 0.15) is 20.8 Å². The van der Waals surface area contributed by atoms with E-state index in [1.54, 1.807) is 6.07 Å². The number of hydrogen-bond acceptors (Lipinski definition) is 6. The van der Waals surface area contributed by atoms with Crippen LogP contribution in [0.3, 0.4) is 0 Å². The molecule has 0 spiro atoms. The molecule has 0 aromatic heterocycles. The largest absolute Gasteiger partial charge is 0.494 e. The third-order valence-corrected chi connectivity index (χ3v) is 2.66. The lowest BCUT2D eigenvalue weighted by atomic mass is 10.1. The van der Waals surface area contributed by atoms with E-state index in [9.17, 15) is 14.9 Å². The van der Waals surface area contributed by atoms with Crippen molar-refractivity contribution in [1.29, 1.82) is 5.26 Å². The molecule has 0 radical (unpaired) electrons. The first kappa shape index (κ1) is 18.0. The fraction of sp³-hybridized carbons (Fsp3) is 0.333. The highest BCUT2D eigenvalue weighted by Gasteiger charge is 2.16. The number of nitrogens with zero attached hydrogens (tertiary/aromatic N) is 2. The second kappa shape index (κ2) is 7.26. The summed E-state index contributed by atoms with van der Waals surface area (Å²) in [6.45, 7) is 5.65. The second-order valence-corrected chi connectivity index (χ2v) is 5.66. The van der Waals surface area contributed by atoms with Gasteiger partial charge in [-0.3, -0.25) is 14.9 Å². The number of anilines is 1. The van der Waals surface area contributed by atoms with E-state index in [-0.39, 0.29) is 28.2 Å². The SMILES string of the molecule is COc1cc([N+](=O)[O-])ccc1NC(=O)/C(C#N)=C\NC(C)(C)C. The van der Waals surface area contributed by atoms with Crippen LogP contribution in [-0.4, -0.2) is 23.5 Å². The van der Waals surface area contributed by atoms with E-state index in [0.717, 1.165) is 0 Å². The first-order valence-electron chi connectivity index (χ1n) is 6.69. The molecule has 8 heteroatoms. The standard InChI is InChI=1S/C15H18N4O4/c1-15(2,3)17-9-10(8-16)14(20)18-12-6-5-11(19(21)22)7-13(12)23-4/h5-7,9,17H,1-4H3,(H,18,20)/b10-9-. The predicted octanol–water partition coefficient (Wildman–Crippen LogP) is 2.34. The van der Waals surface area contributed by atoms with Gasteiger partial charge in [-0.2, -0.15) is 5.26 Å². The maximum atomic E-state index is 12.1. The Hall–Kier alpha value is -3.08. The van der Waals surface area contributed by atoms with E-state index in [2.05, 4.69) is 10.6 Å². The summed E-state index contributed by atoms with van der Waals surface area (Å²) in [6, 6.07) is 5.58. The lowest BCUT2D eigenvalue weighted by Gasteiger charge is -2.19. The minimum Gasteiger partial charge on any atom is -0.494 e. The van der Waals surface area contributed by atoms with Crippen LogP contribution >= 0.6 is 0 Å². The number of benzene rings is 1. The molecule has 1 aromatic rings. The number of rotatable bonds is 5. The van der Waals surface area contributed by atoms with Crippen molar-refractivity contribution in [3.05, 3.63) is 40.1 Å². The van der Waals surface area contributed by atoms with Gasteiger partial charge < -0.3 is 15.4 Å². The van der Waals surface area contributed by atoms with Crippen molar-refractivity contribution in [3.63, 3.8) is 0 Å². The number of nitro benzene ring substituents is 1. The van der Waals surface area contributed by atoms with Crippen LogP contribution in [0.2, 0.25) is 0 Å². The lowest BCUT2D eigenvalue weighted by Crippen LogP contribution is -2.32. The maximum absolute atomic E-state index is 12.1. The lowest BCUT2D eigenvalue weighted by molar-refractivity contribution is -0.384. The molecule has 8 nitrogen and oxygen atoms in total. The number of amides is 1. The number of nitro groups is 1. The number of nitrogens with one attached hydrogen (secondary N) is 2. The molecule has 0 aliphatic carbocycles. The molecule has 1 aromatic carbocycles. The average Bonchev–Trinajstić information content (AvgIpc) is 2.46. The third-order valence-electron chi connectivity index (χ3n) is 2.66. The Bertz CT molecular complexity index is 684. The van der Waals surface area contributed by atoms with Gasteiger partial charge in [-0.25, -0.2) is 0 Å². The highest BCUT2D eigenvalue weighted by molar-refractivity contribution is 6.07. The topological polar surface area (TPSA) is 117 Å². The fourth-order valence-electron chi connectivity index (χ4n) is 1.52. The van der Waals surface area contributed by atoms with Gasteiger partial charge in [-0.15, -0.1) is 0 Å². The Labute approximate surface area is 133 Å². The number of hydrogen-bond donors (Lipinski definition) is 2. The minimum atomic E-state index is -0.642. The van der Waals surface area contributed by atoms with Gasteiger partial charge in [0, 0.05) is 17.8 Å². The Morgan fingerprint density at radius 2 is 2.09 bits per heavy atom. The van der Waals surface area contributed by atoms with Gasteiger partial charge in [0.05, 0.1) is 23.8 Å². The Balaban J connectivity index is 3.00. The van der Waals surface area contributed by atoms with E-state index in [4.69, 9.17) is 10.00 Å². The molecule has 0 saturated heterocycles. The molecular formula is C15H18N4O4. The Kier molecular flexibility index (Phi) is 5.68. The molecule has 0 aliphatic heterocycles. The molecule has 0 aliphatic rings. The summed E-state index contributed by atoms with van der Waals surface area (Å²) in [5.74, 6) is -0.509. The van der Waals surface area contributed by atoms with Gasteiger partial charge in [-0.05, 0) is 26.8 Å². The summed E-state index contributed by atoms with van der Waals surface area (Å²) in [6.07, 6.45) is 1.33.